The molecule has 2 aromatic heterocycles. The second kappa shape index (κ2) is 9.50. The van der Waals surface area contributed by atoms with E-state index in [1.165, 1.54) is 5.69 Å². The summed E-state index contributed by atoms with van der Waals surface area (Å²) >= 11 is 0. The molecule has 6 nitrogen and oxygen atoms in total. The summed E-state index contributed by atoms with van der Waals surface area (Å²) in [5.41, 5.74) is 3.06. The van der Waals surface area contributed by atoms with E-state index in [0.29, 0.717) is 13.0 Å². The van der Waals surface area contributed by atoms with Crippen molar-refractivity contribution in [2.45, 2.75) is 32.5 Å². The predicted molar refractivity (Wildman–Crippen MR) is 92.8 cm³/mol. The van der Waals surface area contributed by atoms with Gasteiger partial charge in [-0.05, 0) is 36.7 Å². The largest absolute Gasteiger partial charge is 0.350 e. The van der Waals surface area contributed by atoms with E-state index in [1.807, 2.05) is 16.8 Å². The lowest BCUT2D eigenvalue weighted by atomic mass is 10.2. The van der Waals surface area contributed by atoms with Gasteiger partial charge in [0.05, 0.1) is 24.4 Å². The van der Waals surface area contributed by atoms with Gasteiger partial charge in [0.15, 0.2) is 0 Å². The summed E-state index contributed by atoms with van der Waals surface area (Å²) in [4.78, 5) is 15.8. The van der Waals surface area contributed by atoms with E-state index < -0.39 is 0 Å². The highest BCUT2D eigenvalue weighted by Gasteiger charge is 2.11. The zero-order chi connectivity index (χ0) is 14.5. The Morgan fingerprint density at radius 3 is 2.87 bits per heavy atom. The van der Waals surface area contributed by atoms with Crippen LogP contribution in [0.1, 0.15) is 23.4 Å². The van der Waals surface area contributed by atoms with Gasteiger partial charge in [0.25, 0.3) is 0 Å². The maximum atomic E-state index is 11.9. The fraction of sp³-hybridized carbons (Fsp3) is 0.400. The van der Waals surface area contributed by atoms with Crippen LogP contribution in [0.15, 0.2) is 30.6 Å². The third-order valence-corrected chi connectivity index (χ3v) is 3.52. The molecule has 0 fully saturated rings. The number of nitrogens with one attached hydrogen (secondary N) is 2. The van der Waals surface area contributed by atoms with Gasteiger partial charge >= 0.3 is 0 Å². The molecule has 3 heterocycles. The molecule has 2 N–H and O–H groups in total. The standard InChI is InChI=1S/C15H19N5O.2ClH/c21-15(8-12-2-5-16-6-3-12)18-10-13-9-14-11-17-4-1-7-20(14)19-13;;/h2-3,5-6,9,17H,1,4,7-8,10-11H2,(H,18,21);2*1H. The molecule has 0 atom stereocenters. The lowest BCUT2D eigenvalue weighted by Gasteiger charge is -2.03. The molecular weight excluding hydrogens is 337 g/mol. The number of hydrogen-bond acceptors (Lipinski definition) is 4. The Bertz CT molecular complexity index is 594. The van der Waals surface area contributed by atoms with Crippen LogP contribution in [0, 0.1) is 0 Å². The van der Waals surface area contributed by atoms with E-state index in [9.17, 15) is 4.79 Å². The summed E-state index contributed by atoms with van der Waals surface area (Å²) in [7, 11) is 0. The van der Waals surface area contributed by atoms with Crippen molar-refractivity contribution in [1.29, 1.82) is 0 Å². The van der Waals surface area contributed by atoms with Crippen molar-refractivity contribution < 1.29 is 4.79 Å². The van der Waals surface area contributed by atoms with E-state index in [0.717, 1.165) is 37.3 Å². The third-order valence-electron chi connectivity index (χ3n) is 3.52. The van der Waals surface area contributed by atoms with Crippen LogP contribution in [0.2, 0.25) is 0 Å². The van der Waals surface area contributed by atoms with Crippen LogP contribution >= 0.6 is 24.8 Å². The van der Waals surface area contributed by atoms with Crippen LogP contribution in [-0.2, 0) is 30.8 Å². The first-order valence-electron chi connectivity index (χ1n) is 7.23. The smallest absolute Gasteiger partial charge is 0.224 e. The average Bonchev–Trinajstić information content (AvgIpc) is 2.76. The molecular formula is C15H21Cl2N5O. The van der Waals surface area contributed by atoms with Crippen molar-refractivity contribution in [2.24, 2.45) is 0 Å². The molecule has 0 saturated heterocycles. The number of carbonyl (C=O) groups excluding carboxylic acids is 1. The van der Waals surface area contributed by atoms with Crippen molar-refractivity contribution in [3.05, 3.63) is 47.5 Å². The van der Waals surface area contributed by atoms with Crippen molar-refractivity contribution >= 4 is 30.7 Å². The normalized spacial score (nSPS) is 13.0. The van der Waals surface area contributed by atoms with Gasteiger partial charge in [-0.25, -0.2) is 0 Å². The molecule has 1 aliphatic rings. The molecule has 0 radical (unpaired) electrons. The van der Waals surface area contributed by atoms with E-state index in [-0.39, 0.29) is 30.7 Å². The SMILES string of the molecule is Cl.Cl.O=C(Cc1ccncc1)NCc1cc2n(n1)CCCNC2. The first-order valence-corrected chi connectivity index (χ1v) is 7.23. The number of aryl methyl sites for hydroxylation is 1. The Morgan fingerprint density at radius 2 is 2.09 bits per heavy atom. The number of hydrogen-bond donors (Lipinski definition) is 2. The Morgan fingerprint density at radius 1 is 1.30 bits per heavy atom. The number of aromatic nitrogens is 3. The molecule has 2 aromatic rings. The zero-order valence-corrected chi connectivity index (χ0v) is 14.3. The zero-order valence-electron chi connectivity index (χ0n) is 12.7. The van der Waals surface area contributed by atoms with Crippen molar-refractivity contribution in [3.8, 4) is 0 Å². The first-order chi connectivity index (χ1) is 10.3. The topological polar surface area (TPSA) is 71.8 Å². The Kier molecular flexibility index (Phi) is 8.02. The summed E-state index contributed by atoms with van der Waals surface area (Å²) in [6, 6.07) is 5.76. The predicted octanol–water partition coefficient (Wildman–Crippen LogP) is 1.47. The van der Waals surface area contributed by atoms with Gasteiger partial charge in [-0.3, -0.25) is 14.5 Å². The fourth-order valence-corrected chi connectivity index (χ4v) is 2.45. The number of halogens is 2. The Labute approximate surface area is 147 Å². The van der Waals surface area contributed by atoms with Crippen LogP contribution in [0.25, 0.3) is 0 Å². The fourth-order valence-electron chi connectivity index (χ4n) is 2.45. The molecule has 8 heteroatoms. The van der Waals surface area contributed by atoms with Gasteiger partial charge in [-0.1, -0.05) is 0 Å². The van der Waals surface area contributed by atoms with Crippen molar-refractivity contribution in [1.82, 2.24) is 25.4 Å². The van der Waals surface area contributed by atoms with Gasteiger partial charge in [-0.2, -0.15) is 5.10 Å². The van der Waals surface area contributed by atoms with Crippen molar-refractivity contribution in [2.75, 3.05) is 6.54 Å². The summed E-state index contributed by atoms with van der Waals surface area (Å²) in [6.07, 6.45) is 4.85. The molecule has 0 bridgehead atoms. The quantitative estimate of drug-likeness (QED) is 0.869. The van der Waals surface area contributed by atoms with E-state index in [2.05, 4.69) is 26.8 Å². The molecule has 0 spiro atoms. The molecule has 23 heavy (non-hydrogen) atoms. The first kappa shape index (κ1) is 19.4. The number of amides is 1. The van der Waals surface area contributed by atoms with Crippen LogP contribution in [-0.4, -0.2) is 27.2 Å². The van der Waals surface area contributed by atoms with Crippen LogP contribution in [0.4, 0.5) is 0 Å². The highest BCUT2D eigenvalue weighted by atomic mass is 35.5. The number of rotatable bonds is 4. The Hall–Kier alpha value is -1.63. The molecule has 0 unspecified atom stereocenters. The molecule has 1 amide bonds. The van der Waals surface area contributed by atoms with Gasteiger partial charge < -0.3 is 10.6 Å². The maximum absolute atomic E-state index is 11.9. The molecule has 1 aliphatic heterocycles. The second-order valence-electron chi connectivity index (χ2n) is 5.19. The van der Waals surface area contributed by atoms with E-state index in [1.54, 1.807) is 12.4 Å². The summed E-state index contributed by atoms with van der Waals surface area (Å²) in [5, 5.41) is 10.8. The van der Waals surface area contributed by atoms with Gasteiger partial charge in [-0.15, -0.1) is 24.8 Å². The lowest BCUT2D eigenvalue weighted by molar-refractivity contribution is -0.120. The van der Waals surface area contributed by atoms with Gasteiger partial charge in [0, 0.05) is 25.5 Å². The minimum absolute atomic E-state index is 0. The van der Waals surface area contributed by atoms with Crippen LogP contribution in [0.5, 0.6) is 0 Å². The molecule has 0 saturated carbocycles. The van der Waals surface area contributed by atoms with E-state index in [4.69, 9.17) is 0 Å². The number of pyridine rings is 1. The Balaban J connectivity index is 0.00000132. The highest BCUT2D eigenvalue weighted by Crippen LogP contribution is 2.08. The molecule has 0 aromatic carbocycles. The minimum Gasteiger partial charge on any atom is -0.350 e. The van der Waals surface area contributed by atoms with Gasteiger partial charge in [0.2, 0.25) is 5.91 Å². The number of nitrogens with zero attached hydrogens (tertiary/aromatic N) is 3. The minimum atomic E-state index is 0. The van der Waals surface area contributed by atoms with Gasteiger partial charge in [0.1, 0.15) is 0 Å². The lowest BCUT2D eigenvalue weighted by Crippen LogP contribution is -2.24. The van der Waals surface area contributed by atoms with E-state index >= 15 is 0 Å². The summed E-state index contributed by atoms with van der Waals surface area (Å²) in [5.74, 6) is 0.00233. The van der Waals surface area contributed by atoms with Crippen molar-refractivity contribution in [3.63, 3.8) is 0 Å². The highest BCUT2D eigenvalue weighted by molar-refractivity contribution is 5.85. The summed E-state index contributed by atoms with van der Waals surface area (Å²) in [6.45, 7) is 3.29. The molecule has 3 rings (SSSR count). The molecule has 126 valence electrons. The molecule has 0 aliphatic carbocycles. The summed E-state index contributed by atoms with van der Waals surface area (Å²) < 4.78 is 2.03. The number of carbonyl (C=O) groups is 1. The monoisotopic (exact) mass is 357 g/mol. The number of fused-ring (bicyclic) bond motifs is 1. The maximum Gasteiger partial charge on any atom is 0.224 e. The average molecular weight is 358 g/mol. The van der Waals surface area contributed by atoms with Crippen LogP contribution in [0.3, 0.4) is 0 Å². The third kappa shape index (κ3) is 5.49. The van der Waals surface area contributed by atoms with Crippen LogP contribution < -0.4 is 10.6 Å². The second-order valence-corrected chi connectivity index (χ2v) is 5.19.